The molecular weight excluding hydrogens is 272 g/mol. The second kappa shape index (κ2) is 5.24. The molecule has 2 nitrogen and oxygen atoms in total. The lowest BCUT2D eigenvalue weighted by atomic mass is 9.43. The van der Waals surface area contributed by atoms with Gasteiger partial charge in [0.05, 0.1) is 5.41 Å². The van der Waals surface area contributed by atoms with Gasteiger partial charge in [-0.1, -0.05) is 33.6 Å². The number of aliphatic carboxylic acids is 1. The summed E-state index contributed by atoms with van der Waals surface area (Å²) < 4.78 is 0. The lowest BCUT2D eigenvalue weighted by Gasteiger charge is -2.61. The molecule has 22 heavy (non-hydrogen) atoms. The Bertz CT molecular complexity index is 459. The summed E-state index contributed by atoms with van der Waals surface area (Å²) in [7, 11) is 0. The van der Waals surface area contributed by atoms with Crippen LogP contribution >= 0.6 is 0 Å². The van der Waals surface area contributed by atoms with Gasteiger partial charge in [0, 0.05) is 0 Å². The summed E-state index contributed by atoms with van der Waals surface area (Å²) in [5, 5.41) is 9.84. The zero-order valence-corrected chi connectivity index (χ0v) is 15.0. The second-order valence-electron chi connectivity index (χ2n) is 9.48. The molecule has 0 heterocycles. The van der Waals surface area contributed by atoms with Gasteiger partial charge in [-0.25, -0.2) is 0 Å². The fourth-order valence-corrected chi connectivity index (χ4v) is 6.42. The van der Waals surface area contributed by atoms with Crippen LogP contribution in [0, 0.1) is 34.0 Å². The summed E-state index contributed by atoms with van der Waals surface area (Å²) >= 11 is 0. The minimum absolute atomic E-state index is 0.398. The number of carboxylic acid groups (broad SMARTS) is 1. The maximum atomic E-state index is 11.9. The summed E-state index contributed by atoms with van der Waals surface area (Å²) in [4.78, 5) is 11.9. The lowest BCUT2D eigenvalue weighted by molar-refractivity contribution is -0.169. The Balaban J connectivity index is 1.89. The first kappa shape index (κ1) is 16.3. The Hall–Kier alpha value is -0.530. The number of carboxylic acids is 1. The molecule has 3 rings (SSSR count). The first-order valence-electron chi connectivity index (χ1n) is 9.48. The van der Waals surface area contributed by atoms with Gasteiger partial charge in [0.2, 0.25) is 0 Å². The Morgan fingerprint density at radius 2 is 1.77 bits per heavy atom. The number of carbonyl (C=O) groups is 1. The highest BCUT2D eigenvalue weighted by Crippen LogP contribution is 2.65. The van der Waals surface area contributed by atoms with Crippen LogP contribution in [-0.2, 0) is 4.79 Å². The molecular formula is C20H34O2. The Morgan fingerprint density at radius 1 is 1.05 bits per heavy atom. The molecule has 6 unspecified atom stereocenters. The molecule has 3 aliphatic carbocycles. The number of rotatable bonds is 2. The summed E-state index contributed by atoms with van der Waals surface area (Å²) in [6.07, 6.45) is 11.0. The van der Waals surface area contributed by atoms with Crippen molar-refractivity contribution < 1.29 is 9.90 Å². The highest BCUT2D eigenvalue weighted by atomic mass is 16.4. The minimum Gasteiger partial charge on any atom is -0.481 e. The quantitative estimate of drug-likeness (QED) is 0.730. The molecule has 0 saturated heterocycles. The minimum atomic E-state index is -0.543. The van der Waals surface area contributed by atoms with Crippen LogP contribution in [0.5, 0.6) is 0 Å². The molecule has 6 atom stereocenters. The predicted octanol–water partition coefficient (Wildman–Crippen LogP) is 5.51. The van der Waals surface area contributed by atoms with Crippen LogP contribution < -0.4 is 0 Å². The summed E-state index contributed by atoms with van der Waals surface area (Å²) in [5.74, 6) is 1.33. The smallest absolute Gasteiger partial charge is 0.309 e. The molecule has 2 heteroatoms. The molecule has 0 aliphatic heterocycles. The molecule has 0 bridgehead atoms. The van der Waals surface area contributed by atoms with Crippen molar-refractivity contribution in [3.05, 3.63) is 0 Å². The van der Waals surface area contributed by atoms with Gasteiger partial charge in [-0.15, -0.1) is 0 Å². The van der Waals surface area contributed by atoms with E-state index in [4.69, 9.17) is 0 Å². The summed E-state index contributed by atoms with van der Waals surface area (Å²) in [6, 6.07) is 0. The van der Waals surface area contributed by atoms with E-state index < -0.39 is 11.4 Å². The van der Waals surface area contributed by atoms with Crippen LogP contribution in [0.25, 0.3) is 0 Å². The van der Waals surface area contributed by atoms with E-state index in [9.17, 15) is 9.90 Å². The van der Waals surface area contributed by atoms with E-state index in [-0.39, 0.29) is 0 Å². The molecule has 3 fully saturated rings. The molecule has 0 amide bonds. The third kappa shape index (κ3) is 2.24. The van der Waals surface area contributed by atoms with Gasteiger partial charge in [-0.2, -0.15) is 0 Å². The van der Waals surface area contributed by atoms with Crippen molar-refractivity contribution in [1.82, 2.24) is 0 Å². The number of hydrogen-bond donors (Lipinski definition) is 1. The summed E-state index contributed by atoms with van der Waals surface area (Å²) in [5.41, 5.74) is 0.457. The van der Waals surface area contributed by atoms with Crippen LogP contribution in [0.2, 0.25) is 0 Å². The average molecular weight is 306 g/mol. The second-order valence-corrected chi connectivity index (χ2v) is 9.48. The van der Waals surface area contributed by atoms with Crippen molar-refractivity contribution in [2.45, 2.75) is 85.5 Å². The van der Waals surface area contributed by atoms with Crippen LogP contribution in [-0.4, -0.2) is 11.1 Å². The Kier molecular flexibility index (Phi) is 3.89. The first-order chi connectivity index (χ1) is 10.3. The van der Waals surface area contributed by atoms with E-state index in [1.165, 1.54) is 38.5 Å². The zero-order chi connectivity index (χ0) is 16.2. The van der Waals surface area contributed by atoms with E-state index in [0.29, 0.717) is 22.7 Å². The molecule has 126 valence electrons. The van der Waals surface area contributed by atoms with Crippen molar-refractivity contribution in [1.29, 1.82) is 0 Å². The van der Waals surface area contributed by atoms with Gasteiger partial charge in [0.15, 0.2) is 0 Å². The standard InChI is InChI=1S/C20H34O2/c1-5-18(2)11-12-19(3)14(13-18)8-9-16-15(19)7-6-10-20(16,4)17(21)22/h14-16H,5-13H2,1-4H3,(H,21,22). The van der Waals surface area contributed by atoms with Crippen molar-refractivity contribution in [3.8, 4) is 0 Å². The molecule has 1 N–H and O–H groups in total. The third-order valence-corrected chi connectivity index (χ3v) is 8.47. The van der Waals surface area contributed by atoms with E-state index in [1.54, 1.807) is 0 Å². The van der Waals surface area contributed by atoms with Crippen molar-refractivity contribution in [2.24, 2.45) is 34.0 Å². The Morgan fingerprint density at radius 3 is 2.41 bits per heavy atom. The van der Waals surface area contributed by atoms with Crippen molar-refractivity contribution in [2.75, 3.05) is 0 Å². The maximum absolute atomic E-state index is 11.9. The molecule has 0 spiro atoms. The number of fused-ring (bicyclic) bond motifs is 3. The van der Waals surface area contributed by atoms with Gasteiger partial charge in [0.25, 0.3) is 0 Å². The number of hydrogen-bond acceptors (Lipinski definition) is 1. The van der Waals surface area contributed by atoms with Crippen molar-refractivity contribution >= 4 is 5.97 Å². The SMILES string of the molecule is CCC1(C)CCC2(C)C(CCC3C2CCCC3(C)C(=O)O)C1. The molecule has 0 aromatic rings. The van der Waals surface area contributed by atoms with Gasteiger partial charge >= 0.3 is 5.97 Å². The molecule has 0 aromatic heterocycles. The monoisotopic (exact) mass is 306 g/mol. The average Bonchev–Trinajstić information content (AvgIpc) is 2.49. The fourth-order valence-electron chi connectivity index (χ4n) is 6.42. The highest BCUT2D eigenvalue weighted by Gasteiger charge is 2.58. The molecule has 0 radical (unpaired) electrons. The van der Waals surface area contributed by atoms with Crippen LogP contribution in [0.3, 0.4) is 0 Å². The predicted molar refractivity (Wildman–Crippen MR) is 89.7 cm³/mol. The van der Waals surface area contributed by atoms with Crippen LogP contribution in [0.15, 0.2) is 0 Å². The largest absolute Gasteiger partial charge is 0.481 e. The third-order valence-electron chi connectivity index (χ3n) is 8.47. The van der Waals surface area contributed by atoms with Gasteiger partial charge < -0.3 is 5.11 Å². The molecule has 3 saturated carbocycles. The van der Waals surface area contributed by atoms with Gasteiger partial charge in [-0.3, -0.25) is 4.79 Å². The fraction of sp³-hybridized carbons (Fsp3) is 0.950. The Labute approximate surface area is 136 Å². The first-order valence-corrected chi connectivity index (χ1v) is 9.48. The maximum Gasteiger partial charge on any atom is 0.309 e. The topological polar surface area (TPSA) is 37.3 Å². The molecule has 0 aromatic carbocycles. The van der Waals surface area contributed by atoms with E-state index in [0.717, 1.165) is 25.2 Å². The van der Waals surface area contributed by atoms with Gasteiger partial charge in [-0.05, 0) is 80.5 Å². The van der Waals surface area contributed by atoms with E-state index in [1.807, 2.05) is 6.92 Å². The van der Waals surface area contributed by atoms with Crippen LogP contribution in [0.1, 0.15) is 85.5 Å². The zero-order valence-electron chi connectivity index (χ0n) is 15.0. The normalized spacial score (nSPS) is 51.7. The van der Waals surface area contributed by atoms with Gasteiger partial charge in [0.1, 0.15) is 0 Å². The van der Waals surface area contributed by atoms with E-state index in [2.05, 4.69) is 20.8 Å². The molecule has 3 aliphatic rings. The highest BCUT2D eigenvalue weighted by molar-refractivity contribution is 5.74. The van der Waals surface area contributed by atoms with Crippen molar-refractivity contribution in [3.63, 3.8) is 0 Å². The van der Waals surface area contributed by atoms with Crippen LogP contribution in [0.4, 0.5) is 0 Å². The lowest BCUT2D eigenvalue weighted by Crippen LogP contribution is -2.55. The summed E-state index contributed by atoms with van der Waals surface area (Å²) in [6.45, 7) is 9.36. The van der Waals surface area contributed by atoms with E-state index >= 15 is 0 Å².